The quantitative estimate of drug-likeness (QED) is 0.0398. The Morgan fingerprint density at radius 2 is 1.14 bits per heavy atom. The van der Waals surface area contributed by atoms with Gasteiger partial charge in [0, 0.05) is 0 Å². The Hall–Kier alpha value is -1.69. The molecule has 1 unspecified atom stereocenters. The van der Waals surface area contributed by atoms with Gasteiger partial charge in [-0.15, -0.1) is 0 Å². The van der Waals surface area contributed by atoms with E-state index in [1.54, 1.807) is 6.08 Å². The molecule has 1 amide bonds. The van der Waals surface area contributed by atoms with E-state index in [2.05, 4.69) is 50.4 Å². The van der Waals surface area contributed by atoms with Gasteiger partial charge in [0.2, 0.25) is 0 Å². The van der Waals surface area contributed by atoms with E-state index in [-0.39, 0.29) is 0 Å². The van der Waals surface area contributed by atoms with E-state index in [9.17, 15) is 20.1 Å². The zero-order valence-corrected chi connectivity index (χ0v) is 27.5. The minimum absolute atomic E-state index is 0.408. The van der Waals surface area contributed by atoms with Gasteiger partial charge in [-0.1, -0.05) is 159 Å². The smallest absolute Gasteiger partial charge is 0.253 e. The topological polar surface area (TPSA) is 89.8 Å². The van der Waals surface area contributed by atoms with Crippen molar-refractivity contribution in [1.82, 2.24) is 5.32 Å². The van der Waals surface area contributed by atoms with Gasteiger partial charge >= 0.3 is 0 Å². The Bertz CT molecular complexity index is 715. The average molecular weight is 590 g/mol. The van der Waals surface area contributed by atoms with E-state index in [4.69, 9.17) is 0 Å². The number of nitrogens with one attached hydrogen (secondary N) is 1. The van der Waals surface area contributed by atoms with Crippen LogP contribution in [0, 0.1) is 5.92 Å². The molecule has 4 N–H and O–H groups in total. The second-order valence-electron chi connectivity index (χ2n) is 12.0. The molecule has 0 saturated carbocycles. The van der Waals surface area contributed by atoms with Crippen molar-refractivity contribution >= 4 is 5.91 Å². The van der Waals surface area contributed by atoms with Gasteiger partial charge in [0.05, 0.1) is 18.8 Å². The van der Waals surface area contributed by atoms with Crippen molar-refractivity contribution in [3.8, 4) is 0 Å². The van der Waals surface area contributed by atoms with Crippen LogP contribution in [0.2, 0.25) is 0 Å². The molecule has 0 aromatic heterocycles. The predicted octanol–water partition coefficient (Wildman–Crippen LogP) is 8.89. The summed E-state index contributed by atoms with van der Waals surface area (Å²) in [4.78, 5) is 12.3. The number of rotatable bonds is 29. The van der Waals surface area contributed by atoms with Crippen LogP contribution in [0.5, 0.6) is 0 Å². The highest BCUT2D eigenvalue weighted by Gasteiger charge is 2.21. The number of hydrogen-bond acceptors (Lipinski definition) is 4. The van der Waals surface area contributed by atoms with Gasteiger partial charge in [-0.3, -0.25) is 4.79 Å². The maximum Gasteiger partial charge on any atom is 0.253 e. The molecule has 0 rings (SSSR count). The standard InChI is InChI=1S/C37H67NO4/c1-4-6-8-9-10-11-12-13-14-17-20-23-26-30-35(40)34(32-39)38-37(42)36(41)31-27-24-21-18-15-16-19-22-25-29-33(3)28-7-5-2/h12-14,17,26-27,30-31,33-36,39-41H,4-11,15-16,18-25,28-29,32H2,1-3H3,(H,38,42)/b13-12+,17-14+,30-26+,31-27+/t33?,34-,35+,36+/m0/s1. The third-order valence-electron chi connectivity index (χ3n) is 7.83. The molecule has 0 aliphatic carbocycles. The fourth-order valence-electron chi connectivity index (χ4n) is 4.93. The Morgan fingerprint density at radius 1 is 0.643 bits per heavy atom. The molecule has 4 atom stereocenters. The van der Waals surface area contributed by atoms with Gasteiger partial charge in [-0.2, -0.15) is 0 Å². The molecule has 0 aliphatic heterocycles. The van der Waals surface area contributed by atoms with Gasteiger partial charge in [-0.05, 0) is 44.4 Å². The van der Waals surface area contributed by atoms with Crippen molar-refractivity contribution in [3.63, 3.8) is 0 Å². The summed E-state index contributed by atoms with van der Waals surface area (Å²) in [5.41, 5.74) is 0. The van der Waals surface area contributed by atoms with Crippen LogP contribution in [-0.4, -0.2) is 46.1 Å². The third-order valence-corrected chi connectivity index (χ3v) is 7.83. The second-order valence-corrected chi connectivity index (χ2v) is 12.0. The van der Waals surface area contributed by atoms with E-state index in [1.165, 1.54) is 96.0 Å². The number of aliphatic hydroxyl groups is 3. The van der Waals surface area contributed by atoms with Crippen molar-refractivity contribution in [2.24, 2.45) is 5.92 Å². The lowest BCUT2D eigenvalue weighted by Crippen LogP contribution is -2.48. The molecule has 0 heterocycles. The van der Waals surface area contributed by atoms with Gasteiger partial charge in [0.25, 0.3) is 5.91 Å². The first-order valence-corrected chi connectivity index (χ1v) is 17.4. The molecule has 0 aromatic carbocycles. The van der Waals surface area contributed by atoms with Crippen LogP contribution in [0.4, 0.5) is 0 Å². The number of aliphatic hydroxyl groups excluding tert-OH is 3. The fourth-order valence-corrected chi connectivity index (χ4v) is 4.93. The van der Waals surface area contributed by atoms with E-state index >= 15 is 0 Å². The van der Waals surface area contributed by atoms with Crippen LogP contribution in [0.15, 0.2) is 48.6 Å². The summed E-state index contributed by atoms with van der Waals surface area (Å²) in [5, 5.41) is 32.7. The highest BCUT2D eigenvalue weighted by atomic mass is 16.3. The summed E-state index contributed by atoms with van der Waals surface area (Å²) < 4.78 is 0. The lowest BCUT2D eigenvalue weighted by molar-refractivity contribution is -0.128. The molecule has 0 radical (unpaired) electrons. The Morgan fingerprint density at radius 3 is 1.79 bits per heavy atom. The second kappa shape index (κ2) is 30.8. The highest BCUT2D eigenvalue weighted by molar-refractivity contribution is 5.82. The van der Waals surface area contributed by atoms with Gasteiger partial charge < -0.3 is 20.6 Å². The van der Waals surface area contributed by atoms with Gasteiger partial charge in [0.15, 0.2) is 6.10 Å². The Balaban J connectivity index is 3.97. The summed E-state index contributed by atoms with van der Waals surface area (Å²) in [6.45, 7) is 6.47. The first-order chi connectivity index (χ1) is 20.5. The van der Waals surface area contributed by atoms with Crippen LogP contribution >= 0.6 is 0 Å². The molecule has 5 heteroatoms. The Kier molecular flexibility index (Phi) is 29.5. The number of allylic oxidation sites excluding steroid dienone is 6. The molecule has 0 bridgehead atoms. The van der Waals surface area contributed by atoms with Crippen LogP contribution in [0.3, 0.4) is 0 Å². The summed E-state index contributed by atoms with van der Waals surface area (Å²) in [7, 11) is 0. The van der Waals surface area contributed by atoms with Crippen LogP contribution in [0.25, 0.3) is 0 Å². The molecule has 0 spiro atoms. The van der Waals surface area contributed by atoms with Crippen LogP contribution in [0.1, 0.15) is 149 Å². The molecular formula is C37H67NO4. The molecule has 5 nitrogen and oxygen atoms in total. The number of hydrogen-bond donors (Lipinski definition) is 4. The van der Waals surface area contributed by atoms with Crippen molar-refractivity contribution in [3.05, 3.63) is 48.6 Å². The molecule has 0 aromatic rings. The number of carbonyl (C=O) groups excluding carboxylic acids is 1. The number of unbranched alkanes of at least 4 members (excludes halogenated alkanes) is 14. The monoisotopic (exact) mass is 590 g/mol. The Labute approximate surface area is 259 Å². The largest absolute Gasteiger partial charge is 0.394 e. The average Bonchev–Trinajstić information content (AvgIpc) is 2.99. The van der Waals surface area contributed by atoms with E-state index in [0.29, 0.717) is 0 Å². The SMILES string of the molecule is CCCCCCC/C=C/C=C/CC/C=C/[C@@H](O)[C@H](CO)NC(=O)[C@H](O)/C=C/CCCCCCCCCC(C)CCCC. The molecule has 0 fully saturated rings. The van der Waals surface area contributed by atoms with Gasteiger partial charge in [0.1, 0.15) is 0 Å². The maximum atomic E-state index is 12.3. The molecule has 42 heavy (non-hydrogen) atoms. The first-order valence-electron chi connectivity index (χ1n) is 17.4. The molecule has 244 valence electrons. The summed E-state index contributed by atoms with van der Waals surface area (Å²) in [6.07, 6.45) is 37.1. The first kappa shape index (κ1) is 40.3. The molecular weight excluding hydrogens is 522 g/mol. The zero-order valence-electron chi connectivity index (χ0n) is 27.5. The molecule has 0 saturated heterocycles. The third kappa shape index (κ3) is 26.0. The highest BCUT2D eigenvalue weighted by Crippen LogP contribution is 2.17. The number of amides is 1. The molecule has 0 aliphatic rings. The fraction of sp³-hybridized carbons (Fsp3) is 0.757. The summed E-state index contributed by atoms with van der Waals surface area (Å²) >= 11 is 0. The van der Waals surface area contributed by atoms with Crippen LogP contribution in [-0.2, 0) is 4.79 Å². The minimum Gasteiger partial charge on any atom is -0.394 e. The summed E-state index contributed by atoms with van der Waals surface area (Å²) in [6, 6.07) is -0.854. The van der Waals surface area contributed by atoms with E-state index < -0.39 is 30.8 Å². The zero-order chi connectivity index (χ0) is 31.1. The lowest BCUT2D eigenvalue weighted by atomic mass is 9.97. The summed E-state index contributed by atoms with van der Waals surface area (Å²) in [5.74, 6) is 0.262. The predicted molar refractivity (Wildman–Crippen MR) is 180 cm³/mol. The maximum absolute atomic E-state index is 12.3. The minimum atomic E-state index is -1.29. The van der Waals surface area contributed by atoms with E-state index in [1.807, 2.05) is 12.2 Å². The van der Waals surface area contributed by atoms with Crippen molar-refractivity contribution in [1.29, 1.82) is 0 Å². The van der Waals surface area contributed by atoms with E-state index in [0.717, 1.165) is 44.4 Å². The van der Waals surface area contributed by atoms with Crippen molar-refractivity contribution < 1.29 is 20.1 Å². The van der Waals surface area contributed by atoms with Crippen molar-refractivity contribution in [2.75, 3.05) is 6.61 Å². The normalized spacial score (nSPS) is 15.3. The van der Waals surface area contributed by atoms with Crippen LogP contribution < -0.4 is 5.32 Å². The van der Waals surface area contributed by atoms with Crippen molar-refractivity contribution in [2.45, 2.75) is 167 Å². The lowest BCUT2D eigenvalue weighted by Gasteiger charge is -2.20. The number of carbonyl (C=O) groups is 1. The van der Waals surface area contributed by atoms with Gasteiger partial charge in [-0.25, -0.2) is 0 Å².